The lowest BCUT2D eigenvalue weighted by atomic mass is 9.98. The van der Waals surface area contributed by atoms with Crippen LogP contribution in [-0.2, 0) is 38.0 Å². The zero-order valence-corrected chi connectivity index (χ0v) is 40.3. The van der Waals surface area contributed by atoms with Gasteiger partial charge in [0.2, 0.25) is 0 Å². The summed E-state index contributed by atoms with van der Waals surface area (Å²) in [6, 6.07) is 0. The number of unbranched alkanes of at least 4 members (excludes halogenated alkanes) is 23. The predicted octanol–water partition coefficient (Wildman–Crippen LogP) is 6.92. The average Bonchev–Trinajstić information content (AvgIpc) is 3.31. The van der Waals surface area contributed by atoms with E-state index in [2.05, 4.69) is 31.4 Å². The molecule has 7 N–H and O–H groups in total. The molecule has 0 saturated carbocycles. The number of aliphatic hydroxyl groups is 7. The van der Waals surface area contributed by atoms with Crippen molar-refractivity contribution in [2.24, 2.45) is 0 Å². The molecule has 4 unspecified atom stereocenters. The Hall–Kier alpha value is -2.24. The van der Waals surface area contributed by atoms with Crippen LogP contribution in [0.1, 0.15) is 187 Å². The number of esters is 2. The Labute approximate surface area is 395 Å². The van der Waals surface area contributed by atoms with Crippen LogP contribution in [0.4, 0.5) is 0 Å². The second-order valence-corrected chi connectivity index (χ2v) is 18.2. The molecule has 0 radical (unpaired) electrons. The molecule has 2 saturated heterocycles. The van der Waals surface area contributed by atoms with Gasteiger partial charge >= 0.3 is 11.9 Å². The maximum Gasteiger partial charge on any atom is 0.306 e. The Morgan fingerprint density at radius 2 is 0.985 bits per heavy atom. The maximum atomic E-state index is 13.0. The van der Waals surface area contributed by atoms with Crippen molar-refractivity contribution < 1.29 is 73.8 Å². The number of carbonyl (C=O) groups excluding carboxylic acids is 2. The van der Waals surface area contributed by atoms with E-state index >= 15 is 0 Å². The number of carbonyl (C=O) groups is 2. The van der Waals surface area contributed by atoms with Crippen LogP contribution in [0.15, 0.2) is 30.5 Å². The van der Waals surface area contributed by atoms with Gasteiger partial charge in [-0.05, 0) is 63.5 Å². The van der Waals surface area contributed by atoms with Gasteiger partial charge in [-0.15, -0.1) is 12.3 Å². The van der Waals surface area contributed by atoms with Crippen molar-refractivity contribution in [3.8, 4) is 0 Å². The first-order chi connectivity index (χ1) is 32.0. The second-order valence-electron chi connectivity index (χ2n) is 18.2. The van der Waals surface area contributed by atoms with Crippen LogP contribution in [0.3, 0.4) is 0 Å². The summed E-state index contributed by atoms with van der Waals surface area (Å²) in [6.07, 6.45) is 18.8. The molecule has 0 aliphatic carbocycles. The molecule has 2 aliphatic heterocycles. The van der Waals surface area contributed by atoms with E-state index < -0.39 is 92.7 Å². The van der Waals surface area contributed by atoms with Crippen LogP contribution in [-0.4, -0.2) is 142 Å². The van der Waals surface area contributed by atoms with Crippen molar-refractivity contribution in [3.05, 3.63) is 30.5 Å². The molecule has 2 rings (SSSR count). The van der Waals surface area contributed by atoms with Crippen LogP contribution < -0.4 is 0 Å². The van der Waals surface area contributed by atoms with E-state index in [1.807, 2.05) is 6.08 Å². The highest BCUT2D eigenvalue weighted by Crippen LogP contribution is 2.26. The van der Waals surface area contributed by atoms with Crippen molar-refractivity contribution in [2.45, 2.75) is 254 Å². The Kier molecular flexibility index (Phi) is 35.0. The second kappa shape index (κ2) is 38.6. The quantitative estimate of drug-likeness (QED) is 0.0143. The standard InChI is InChI=1S/C51H90O15/c1-3-5-7-9-11-13-15-17-19-21-23-25-27-29-31-33-42(53)61-36-39(64-43(54)34-32-30-28-26-24-22-20-18-16-14-12-10-8-6-4-2)37-62-50-49(60)47(58)45(56)41(66-50)38-63-51-48(59)46(57)44(55)40(35-52)65-51/h3,16,20,39-41,44-52,55-60H,1,4-15,17,19,21-38H2,2H3/t18?,39-,40-,41-,44+,45+,46?,47?,48?,49?,50-,51-/m1/s1. The van der Waals surface area contributed by atoms with Gasteiger partial charge in [0.1, 0.15) is 55.4 Å². The fourth-order valence-electron chi connectivity index (χ4n) is 8.06. The molecule has 0 aromatic heterocycles. The number of hydrogen-bond acceptors (Lipinski definition) is 15. The third kappa shape index (κ3) is 26.5. The largest absolute Gasteiger partial charge is 0.462 e. The predicted molar refractivity (Wildman–Crippen MR) is 251 cm³/mol. The van der Waals surface area contributed by atoms with E-state index in [-0.39, 0.29) is 26.1 Å². The SMILES string of the molecule is C=CCCCCCCCCCCCCCCCC(=O)OC[C@H](CO[C@@H]1O[C@H](CO[C@@H]2O[C@H](CO)[C@H](O)C(O)C2O)[C@H](O)C(O)C1O)OC(=O)CCCCCCCC=C=CCCCCCCC. The zero-order valence-electron chi connectivity index (χ0n) is 40.3. The fraction of sp³-hybridized carbons (Fsp3) is 0.863. The number of ether oxygens (including phenoxy) is 6. The minimum atomic E-state index is -1.77. The molecule has 0 aromatic carbocycles. The van der Waals surface area contributed by atoms with Crippen molar-refractivity contribution in [2.75, 3.05) is 26.4 Å². The summed E-state index contributed by atoms with van der Waals surface area (Å²) < 4.78 is 33.5. The molecular weight excluding hydrogens is 853 g/mol. The first-order valence-electron chi connectivity index (χ1n) is 25.6. The lowest BCUT2D eigenvalue weighted by Gasteiger charge is -2.42. The average molecular weight is 943 g/mol. The highest BCUT2D eigenvalue weighted by Gasteiger charge is 2.47. The van der Waals surface area contributed by atoms with Gasteiger partial charge in [0.25, 0.3) is 0 Å². The smallest absolute Gasteiger partial charge is 0.306 e. The number of aliphatic hydroxyl groups excluding tert-OH is 7. The van der Waals surface area contributed by atoms with Crippen molar-refractivity contribution in [1.82, 2.24) is 0 Å². The van der Waals surface area contributed by atoms with Crippen LogP contribution in [0.25, 0.3) is 0 Å². The Morgan fingerprint density at radius 3 is 1.50 bits per heavy atom. The summed E-state index contributed by atoms with van der Waals surface area (Å²) in [5, 5.41) is 72.0. The first-order valence-corrected chi connectivity index (χ1v) is 25.6. The van der Waals surface area contributed by atoms with E-state index in [0.29, 0.717) is 12.8 Å². The van der Waals surface area contributed by atoms with Gasteiger partial charge in [-0.25, -0.2) is 0 Å². The summed E-state index contributed by atoms with van der Waals surface area (Å²) in [5.41, 5.74) is 3.29. The first kappa shape index (κ1) is 59.9. The van der Waals surface area contributed by atoms with Crippen molar-refractivity contribution in [3.63, 3.8) is 0 Å². The molecule has 11 atom stereocenters. The van der Waals surface area contributed by atoms with Crippen LogP contribution in [0, 0.1) is 0 Å². The minimum Gasteiger partial charge on any atom is -0.462 e. The van der Waals surface area contributed by atoms with Crippen LogP contribution >= 0.6 is 0 Å². The highest BCUT2D eigenvalue weighted by molar-refractivity contribution is 5.70. The van der Waals surface area contributed by atoms with E-state index in [9.17, 15) is 45.3 Å². The van der Waals surface area contributed by atoms with Gasteiger partial charge in [-0.2, -0.15) is 0 Å². The number of allylic oxidation sites excluding steroid dienone is 2. The molecule has 2 fully saturated rings. The van der Waals surface area contributed by atoms with E-state index in [1.54, 1.807) is 0 Å². The number of hydrogen-bond donors (Lipinski definition) is 7. The van der Waals surface area contributed by atoms with Gasteiger partial charge < -0.3 is 64.2 Å². The topological polar surface area (TPSA) is 231 Å². The molecular formula is C51H90O15. The van der Waals surface area contributed by atoms with Gasteiger partial charge in [0.05, 0.1) is 19.8 Å². The zero-order chi connectivity index (χ0) is 48.2. The van der Waals surface area contributed by atoms with Crippen molar-refractivity contribution >= 4 is 11.9 Å². The molecule has 0 bridgehead atoms. The monoisotopic (exact) mass is 943 g/mol. The Morgan fingerprint density at radius 1 is 0.545 bits per heavy atom. The molecule has 384 valence electrons. The highest BCUT2D eigenvalue weighted by atomic mass is 16.7. The number of rotatable bonds is 40. The molecule has 66 heavy (non-hydrogen) atoms. The molecule has 0 amide bonds. The normalized spacial score (nSPS) is 25.8. The molecule has 0 spiro atoms. The van der Waals surface area contributed by atoms with Gasteiger partial charge in [0.15, 0.2) is 18.7 Å². The third-order valence-corrected chi connectivity index (χ3v) is 12.3. The molecule has 15 nitrogen and oxygen atoms in total. The summed E-state index contributed by atoms with van der Waals surface area (Å²) in [4.78, 5) is 25.7. The van der Waals surface area contributed by atoms with Gasteiger partial charge in [-0.1, -0.05) is 129 Å². The van der Waals surface area contributed by atoms with Gasteiger partial charge in [-0.3, -0.25) is 9.59 Å². The van der Waals surface area contributed by atoms with Crippen LogP contribution in [0.2, 0.25) is 0 Å². The lowest BCUT2D eigenvalue weighted by molar-refractivity contribution is -0.332. The maximum absolute atomic E-state index is 13.0. The lowest BCUT2D eigenvalue weighted by Crippen LogP contribution is -2.61. The Balaban J connectivity index is 1.82. The van der Waals surface area contributed by atoms with E-state index in [1.165, 1.54) is 89.9 Å². The third-order valence-electron chi connectivity index (χ3n) is 12.3. The van der Waals surface area contributed by atoms with Crippen LogP contribution in [0.5, 0.6) is 0 Å². The fourth-order valence-corrected chi connectivity index (χ4v) is 8.06. The van der Waals surface area contributed by atoms with E-state index in [0.717, 1.165) is 64.2 Å². The van der Waals surface area contributed by atoms with Crippen molar-refractivity contribution in [1.29, 1.82) is 0 Å². The molecule has 0 aromatic rings. The van der Waals surface area contributed by atoms with E-state index in [4.69, 9.17) is 28.4 Å². The summed E-state index contributed by atoms with van der Waals surface area (Å²) in [7, 11) is 0. The summed E-state index contributed by atoms with van der Waals surface area (Å²) in [5.74, 6) is -0.945. The minimum absolute atomic E-state index is 0.145. The molecule has 15 heteroatoms. The molecule has 2 aliphatic rings. The molecule has 2 heterocycles. The summed E-state index contributed by atoms with van der Waals surface area (Å²) >= 11 is 0. The Bertz CT molecular complexity index is 1290. The summed E-state index contributed by atoms with van der Waals surface area (Å²) in [6.45, 7) is 4.09. The van der Waals surface area contributed by atoms with Gasteiger partial charge in [0, 0.05) is 12.8 Å².